The summed E-state index contributed by atoms with van der Waals surface area (Å²) in [6.07, 6.45) is 0. The third kappa shape index (κ3) is 3.68. The van der Waals surface area contributed by atoms with Gasteiger partial charge in [0.1, 0.15) is 0 Å². The molecular formula is C14H14N4O2S. The number of hydrogen-bond donors (Lipinski definition) is 0. The number of non-ortho nitro benzene ring substituents is 1. The van der Waals surface area contributed by atoms with Crippen molar-refractivity contribution in [3.8, 4) is 6.07 Å². The van der Waals surface area contributed by atoms with E-state index in [2.05, 4.69) is 16.0 Å². The van der Waals surface area contributed by atoms with Gasteiger partial charge in [0.25, 0.3) is 5.69 Å². The molecule has 21 heavy (non-hydrogen) atoms. The fourth-order valence-electron chi connectivity index (χ4n) is 1.80. The van der Waals surface area contributed by atoms with E-state index in [4.69, 9.17) is 0 Å². The predicted octanol–water partition coefficient (Wildman–Crippen LogP) is 2.67. The van der Waals surface area contributed by atoms with Crippen molar-refractivity contribution in [2.75, 3.05) is 26.4 Å². The standard InChI is InChI=1S/C14H14N4O2S/c1-17(2)5-6-21-14-7-10(9-15)12-8-11(18(19)20)3-4-13(12)16-14/h3-4,7-8H,5-6H2,1-2H3. The first-order chi connectivity index (χ1) is 10.0. The Bertz CT molecular complexity index is 725. The zero-order valence-electron chi connectivity index (χ0n) is 11.7. The Hall–Kier alpha value is -2.17. The highest BCUT2D eigenvalue weighted by molar-refractivity contribution is 7.99. The minimum absolute atomic E-state index is 0.0335. The highest BCUT2D eigenvalue weighted by atomic mass is 32.2. The van der Waals surface area contributed by atoms with Crippen molar-refractivity contribution in [1.82, 2.24) is 9.88 Å². The third-order valence-electron chi connectivity index (χ3n) is 2.89. The molecule has 108 valence electrons. The Kier molecular flexibility index (Phi) is 4.73. The van der Waals surface area contributed by atoms with Crippen LogP contribution >= 0.6 is 11.8 Å². The van der Waals surface area contributed by atoms with Crippen LogP contribution in [0.1, 0.15) is 5.56 Å². The summed E-state index contributed by atoms with van der Waals surface area (Å²) < 4.78 is 0. The topological polar surface area (TPSA) is 83.1 Å². The number of aromatic nitrogens is 1. The van der Waals surface area contributed by atoms with Crippen LogP contribution in [0.3, 0.4) is 0 Å². The van der Waals surface area contributed by atoms with Gasteiger partial charge in [-0.2, -0.15) is 5.26 Å². The quantitative estimate of drug-likeness (QED) is 0.479. The molecular weight excluding hydrogens is 288 g/mol. The molecule has 0 saturated heterocycles. The van der Waals surface area contributed by atoms with Gasteiger partial charge in [-0.1, -0.05) is 0 Å². The van der Waals surface area contributed by atoms with E-state index in [-0.39, 0.29) is 5.69 Å². The van der Waals surface area contributed by atoms with Gasteiger partial charge in [0.05, 0.1) is 27.1 Å². The van der Waals surface area contributed by atoms with Gasteiger partial charge in [-0.3, -0.25) is 10.1 Å². The number of pyridine rings is 1. The predicted molar refractivity (Wildman–Crippen MR) is 82.4 cm³/mol. The van der Waals surface area contributed by atoms with E-state index in [0.717, 1.165) is 17.3 Å². The lowest BCUT2D eigenvalue weighted by Gasteiger charge is -2.09. The molecule has 2 rings (SSSR count). The number of benzene rings is 1. The van der Waals surface area contributed by atoms with Crippen LogP contribution in [0.4, 0.5) is 5.69 Å². The summed E-state index contributed by atoms with van der Waals surface area (Å²) >= 11 is 1.57. The highest BCUT2D eigenvalue weighted by Gasteiger charge is 2.11. The lowest BCUT2D eigenvalue weighted by atomic mass is 10.1. The summed E-state index contributed by atoms with van der Waals surface area (Å²) in [4.78, 5) is 16.9. The molecule has 0 amide bonds. The molecule has 0 aliphatic carbocycles. The maximum atomic E-state index is 10.8. The number of thioether (sulfide) groups is 1. The number of nitrogens with zero attached hydrogens (tertiary/aromatic N) is 4. The molecule has 0 radical (unpaired) electrons. The number of fused-ring (bicyclic) bond motifs is 1. The first-order valence-corrected chi connectivity index (χ1v) is 7.26. The van der Waals surface area contributed by atoms with Gasteiger partial charge in [-0.05, 0) is 26.2 Å². The number of rotatable bonds is 5. The van der Waals surface area contributed by atoms with Crippen molar-refractivity contribution in [1.29, 1.82) is 5.26 Å². The molecule has 0 unspecified atom stereocenters. The van der Waals surface area contributed by atoms with Crippen LogP contribution in [0.2, 0.25) is 0 Å². The second-order valence-corrected chi connectivity index (χ2v) is 5.85. The largest absolute Gasteiger partial charge is 0.309 e. The molecule has 1 aromatic heterocycles. The van der Waals surface area contributed by atoms with E-state index in [9.17, 15) is 15.4 Å². The second kappa shape index (κ2) is 6.52. The van der Waals surface area contributed by atoms with Crippen LogP contribution < -0.4 is 0 Å². The Morgan fingerprint density at radius 2 is 2.19 bits per heavy atom. The minimum Gasteiger partial charge on any atom is -0.309 e. The normalized spacial score (nSPS) is 10.8. The van der Waals surface area contributed by atoms with E-state index < -0.39 is 4.92 Å². The number of nitriles is 1. The van der Waals surface area contributed by atoms with Crippen molar-refractivity contribution in [2.45, 2.75) is 5.03 Å². The van der Waals surface area contributed by atoms with Gasteiger partial charge in [0, 0.05) is 29.8 Å². The van der Waals surface area contributed by atoms with Crippen LogP contribution in [0.25, 0.3) is 10.9 Å². The number of nitro benzene ring substituents is 1. The Morgan fingerprint density at radius 1 is 1.43 bits per heavy atom. The van der Waals surface area contributed by atoms with Crippen molar-refractivity contribution in [3.05, 3.63) is 39.9 Å². The lowest BCUT2D eigenvalue weighted by Crippen LogP contribution is -2.14. The van der Waals surface area contributed by atoms with Gasteiger partial charge in [-0.15, -0.1) is 11.8 Å². The zero-order chi connectivity index (χ0) is 15.4. The molecule has 7 heteroatoms. The van der Waals surface area contributed by atoms with Crippen molar-refractivity contribution in [2.24, 2.45) is 0 Å². The molecule has 0 spiro atoms. The zero-order valence-corrected chi connectivity index (χ0v) is 12.6. The van der Waals surface area contributed by atoms with E-state index >= 15 is 0 Å². The van der Waals surface area contributed by atoms with E-state index in [0.29, 0.717) is 16.5 Å². The van der Waals surface area contributed by atoms with Crippen molar-refractivity contribution < 1.29 is 4.92 Å². The van der Waals surface area contributed by atoms with Crippen LogP contribution in [0, 0.1) is 21.4 Å². The Labute approximate surface area is 126 Å². The van der Waals surface area contributed by atoms with E-state index in [1.807, 2.05) is 14.1 Å². The van der Waals surface area contributed by atoms with Crippen molar-refractivity contribution >= 4 is 28.4 Å². The molecule has 0 fully saturated rings. The smallest absolute Gasteiger partial charge is 0.270 e. The molecule has 1 heterocycles. The molecule has 0 atom stereocenters. The van der Waals surface area contributed by atoms with Gasteiger partial charge >= 0.3 is 0 Å². The summed E-state index contributed by atoms with van der Waals surface area (Å²) in [5, 5.41) is 21.3. The maximum Gasteiger partial charge on any atom is 0.270 e. The van der Waals surface area contributed by atoms with Crippen LogP contribution in [-0.4, -0.2) is 41.2 Å². The summed E-state index contributed by atoms with van der Waals surface area (Å²) in [5.41, 5.74) is 0.983. The first-order valence-electron chi connectivity index (χ1n) is 6.28. The Morgan fingerprint density at radius 3 is 2.81 bits per heavy atom. The molecule has 1 aromatic carbocycles. The van der Waals surface area contributed by atoms with E-state index in [1.165, 1.54) is 12.1 Å². The molecule has 0 saturated carbocycles. The van der Waals surface area contributed by atoms with Crippen LogP contribution in [-0.2, 0) is 0 Å². The molecule has 2 aromatic rings. The highest BCUT2D eigenvalue weighted by Crippen LogP contribution is 2.26. The van der Waals surface area contributed by atoms with E-state index in [1.54, 1.807) is 23.9 Å². The third-order valence-corrected chi connectivity index (χ3v) is 3.78. The van der Waals surface area contributed by atoms with Gasteiger partial charge < -0.3 is 4.90 Å². The molecule has 0 bridgehead atoms. The summed E-state index contributed by atoms with van der Waals surface area (Å²) in [7, 11) is 3.99. The summed E-state index contributed by atoms with van der Waals surface area (Å²) in [5.74, 6) is 0.864. The minimum atomic E-state index is -0.472. The molecule has 0 aliphatic rings. The van der Waals surface area contributed by atoms with Crippen LogP contribution in [0.15, 0.2) is 29.3 Å². The second-order valence-electron chi connectivity index (χ2n) is 4.73. The first kappa shape index (κ1) is 15.2. The summed E-state index contributed by atoms with van der Waals surface area (Å²) in [6.45, 7) is 0.909. The monoisotopic (exact) mass is 302 g/mol. The summed E-state index contributed by atoms with van der Waals surface area (Å²) in [6, 6.07) is 8.17. The van der Waals surface area contributed by atoms with Gasteiger partial charge in [-0.25, -0.2) is 4.98 Å². The molecule has 6 nitrogen and oxygen atoms in total. The van der Waals surface area contributed by atoms with Gasteiger partial charge in [0.15, 0.2) is 0 Å². The average Bonchev–Trinajstić information content (AvgIpc) is 2.45. The number of nitro groups is 1. The molecule has 0 N–H and O–H groups in total. The average molecular weight is 302 g/mol. The SMILES string of the molecule is CN(C)CCSc1cc(C#N)c2cc([N+](=O)[O-])ccc2n1. The van der Waals surface area contributed by atoms with Crippen LogP contribution in [0.5, 0.6) is 0 Å². The van der Waals surface area contributed by atoms with Crippen molar-refractivity contribution in [3.63, 3.8) is 0 Å². The lowest BCUT2D eigenvalue weighted by molar-refractivity contribution is -0.384. The Balaban J connectivity index is 2.38. The molecule has 0 aliphatic heterocycles. The van der Waals surface area contributed by atoms with Gasteiger partial charge in [0.2, 0.25) is 0 Å². The fraction of sp³-hybridized carbons (Fsp3) is 0.286. The maximum absolute atomic E-state index is 10.8. The fourth-order valence-corrected chi connectivity index (χ4v) is 2.83. The number of hydrogen-bond acceptors (Lipinski definition) is 6.